The van der Waals surface area contributed by atoms with Crippen LogP contribution in [0.3, 0.4) is 0 Å². The SMILES string of the molecule is N#CNC1CC(NC(=O)c2ccn(-c3ccccc3)n2)C1. The van der Waals surface area contributed by atoms with Crippen molar-refractivity contribution >= 4 is 5.91 Å². The van der Waals surface area contributed by atoms with Crippen LogP contribution in [0.4, 0.5) is 0 Å². The number of carbonyl (C=O) groups is 1. The van der Waals surface area contributed by atoms with Crippen molar-refractivity contribution in [1.82, 2.24) is 20.4 Å². The maximum Gasteiger partial charge on any atom is 0.272 e. The molecule has 6 nitrogen and oxygen atoms in total. The van der Waals surface area contributed by atoms with E-state index in [-0.39, 0.29) is 18.0 Å². The molecule has 6 heteroatoms. The van der Waals surface area contributed by atoms with E-state index in [9.17, 15) is 4.79 Å². The van der Waals surface area contributed by atoms with E-state index in [0.717, 1.165) is 18.5 Å². The van der Waals surface area contributed by atoms with Crippen molar-refractivity contribution in [1.29, 1.82) is 5.26 Å². The molecule has 0 radical (unpaired) electrons. The van der Waals surface area contributed by atoms with Gasteiger partial charge in [-0.2, -0.15) is 10.4 Å². The first-order valence-electron chi connectivity index (χ1n) is 6.83. The third-order valence-electron chi connectivity index (χ3n) is 3.58. The molecule has 1 saturated carbocycles. The monoisotopic (exact) mass is 281 g/mol. The van der Waals surface area contributed by atoms with Crippen LogP contribution in [0.2, 0.25) is 0 Å². The van der Waals surface area contributed by atoms with Crippen molar-refractivity contribution in [3.63, 3.8) is 0 Å². The third kappa shape index (κ3) is 2.87. The number of aromatic nitrogens is 2. The van der Waals surface area contributed by atoms with Gasteiger partial charge >= 0.3 is 0 Å². The Balaban J connectivity index is 1.60. The van der Waals surface area contributed by atoms with Crippen LogP contribution in [0.1, 0.15) is 23.3 Å². The second-order valence-corrected chi connectivity index (χ2v) is 5.08. The largest absolute Gasteiger partial charge is 0.348 e. The summed E-state index contributed by atoms with van der Waals surface area (Å²) in [6.07, 6.45) is 5.24. The standard InChI is InChI=1S/C15H15N5O/c16-10-17-11-8-12(9-11)18-15(21)14-6-7-20(19-14)13-4-2-1-3-5-13/h1-7,11-12,17H,8-9H2,(H,18,21). The van der Waals surface area contributed by atoms with Crippen LogP contribution in [0.25, 0.3) is 5.69 Å². The maximum atomic E-state index is 12.1. The summed E-state index contributed by atoms with van der Waals surface area (Å²) in [7, 11) is 0. The minimum Gasteiger partial charge on any atom is -0.348 e. The van der Waals surface area contributed by atoms with Gasteiger partial charge < -0.3 is 10.6 Å². The predicted octanol–water partition coefficient (Wildman–Crippen LogP) is 1.20. The van der Waals surface area contributed by atoms with Gasteiger partial charge in [0, 0.05) is 18.3 Å². The summed E-state index contributed by atoms with van der Waals surface area (Å²) in [4.78, 5) is 12.1. The summed E-state index contributed by atoms with van der Waals surface area (Å²) in [5.41, 5.74) is 1.31. The summed E-state index contributed by atoms with van der Waals surface area (Å²) in [6.45, 7) is 0. The van der Waals surface area contributed by atoms with Crippen molar-refractivity contribution < 1.29 is 4.79 Å². The normalized spacial score (nSPS) is 20.1. The lowest BCUT2D eigenvalue weighted by molar-refractivity contribution is 0.0900. The smallest absolute Gasteiger partial charge is 0.272 e. The quantitative estimate of drug-likeness (QED) is 0.651. The highest BCUT2D eigenvalue weighted by Gasteiger charge is 2.30. The number of para-hydroxylation sites is 1. The van der Waals surface area contributed by atoms with E-state index in [1.54, 1.807) is 16.9 Å². The zero-order valence-corrected chi connectivity index (χ0v) is 11.4. The molecule has 1 fully saturated rings. The van der Waals surface area contributed by atoms with Crippen LogP contribution >= 0.6 is 0 Å². The summed E-state index contributed by atoms with van der Waals surface area (Å²) < 4.78 is 1.68. The highest BCUT2D eigenvalue weighted by Crippen LogP contribution is 2.20. The number of carbonyl (C=O) groups excluding carboxylic acids is 1. The van der Waals surface area contributed by atoms with E-state index in [1.165, 1.54) is 0 Å². The lowest BCUT2D eigenvalue weighted by atomic mass is 9.87. The number of hydrogen-bond acceptors (Lipinski definition) is 4. The molecule has 2 aromatic rings. The molecular formula is C15H15N5O. The fourth-order valence-corrected chi connectivity index (χ4v) is 2.37. The lowest BCUT2D eigenvalue weighted by Crippen LogP contribution is -2.51. The summed E-state index contributed by atoms with van der Waals surface area (Å²) >= 11 is 0. The fraction of sp³-hybridized carbons (Fsp3) is 0.267. The molecule has 106 valence electrons. The summed E-state index contributed by atoms with van der Waals surface area (Å²) in [6, 6.07) is 11.6. The molecule has 1 amide bonds. The van der Waals surface area contributed by atoms with Crippen LogP contribution in [-0.2, 0) is 0 Å². The molecule has 3 rings (SSSR count). The van der Waals surface area contributed by atoms with E-state index in [2.05, 4.69) is 15.7 Å². The van der Waals surface area contributed by atoms with Crippen LogP contribution in [0.15, 0.2) is 42.6 Å². The Hall–Kier alpha value is -2.81. The number of rotatable bonds is 4. The Labute approximate surface area is 122 Å². The Morgan fingerprint density at radius 3 is 2.71 bits per heavy atom. The zero-order chi connectivity index (χ0) is 14.7. The van der Waals surface area contributed by atoms with E-state index in [4.69, 9.17) is 5.26 Å². The molecule has 0 unspecified atom stereocenters. The number of hydrogen-bond donors (Lipinski definition) is 2. The lowest BCUT2D eigenvalue weighted by Gasteiger charge is -2.34. The van der Waals surface area contributed by atoms with Gasteiger partial charge in [-0.1, -0.05) is 18.2 Å². The van der Waals surface area contributed by atoms with Gasteiger partial charge in [-0.15, -0.1) is 0 Å². The molecular weight excluding hydrogens is 266 g/mol. The first kappa shape index (κ1) is 13.2. The van der Waals surface area contributed by atoms with Gasteiger partial charge in [0.1, 0.15) is 0 Å². The highest BCUT2D eigenvalue weighted by molar-refractivity contribution is 5.92. The van der Waals surface area contributed by atoms with Crippen molar-refractivity contribution in [2.45, 2.75) is 24.9 Å². The first-order chi connectivity index (χ1) is 10.3. The van der Waals surface area contributed by atoms with E-state index in [1.807, 2.05) is 36.5 Å². The van der Waals surface area contributed by atoms with Crippen molar-refractivity contribution in [3.05, 3.63) is 48.3 Å². The Morgan fingerprint density at radius 1 is 1.24 bits per heavy atom. The average molecular weight is 281 g/mol. The predicted molar refractivity (Wildman–Crippen MR) is 76.6 cm³/mol. The van der Waals surface area contributed by atoms with Crippen LogP contribution < -0.4 is 10.6 Å². The molecule has 1 heterocycles. The minimum atomic E-state index is -0.176. The van der Waals surface area contributed by atoms with Crippen molar-refractivity contribution in [2.24, 2.45) is 0 Å². The molecule has 1 aromatic carbocycles. The van der Waals surface area contributed by atoms with Gasteiger partial charge in [-0.3, -0.25) is 4.79 Å². The molecule has 0 saturated heterocycles. The first-order valence-corrected chi connectivity index (χ1v) is 6.83. The molecule has 0 bridgehead atoms. The van der Waals surface area contributed by atoms with Crippen LogP contribution in [0, 0.1) is 11.5 Å². The van der Waals surface area contributed by atoms with Gasteiger partial charge in [0.2, 0.25) is 0 Å². The molecule has 0 atom stereocenters. The summed E-state index contributed by atoms with van der Waals surface area (Å²) in [5.74, 6) is -0.176. The Kier molecular flexibility index (Phi) is 3.56. The molecule has 0 spiro atoms. The van der Waals surface area contributed by atoms with E-state index >= 15 is 0 Å². The number of nitrogens with zero attached hydrogens (tertiary/aromatic N) is 3. The number of nitriles is 1. The fourth-order valence-electron chi connectivity index (χ4n) is 2.37. The maximum absolute atomic E-state index is 12.1. The molecule has 2 N–H and O–H groups in total. The number of benzene rings is 1. The van der Waals surface area contributed by atoms with Crippen LogP contribution in [0.5, 0.6) is 0 Å². The van der Waals surface area contributed by atoms with Crippen LogP contribution in [-0.4, -0.2) is 27.8 Å². The Morgan fingerprint density at radius 2 is 2.00 bits per heavy atom. The highest BCUT2D eigenvalue weighted by atomic mass is 16.2. The summed E-state index contributed by atoms with van der Waals surface area (Å²) in [5, 5.41) is 18.4. The second-order valence-electron chi connectivity index (χ2n) is 5.08. The van der Waals surface area contributed by atoms with Gasteiger partial charge in [-0.05, 0) is 31.0 Å². The molecule has 1 aromatic heterocycles. The average Bonchev–Trinajstić information content (AvgIpc) is 2.96. The van der Waals surface area contributed by atoms with E-state index < -0.39 is 0 Å². The third-order valence-corrected chi connectivity index (χ3v) is 3.58. The molecule has 0 aliphatic heterocycles. The molecule has 1 aliphatic carbocycles. The molecule has 1 aliphatic rings. The van der Waals surface area contributed by atoms with Crippen molar-refractivity contribution in [2.75, 3.05) is 0 Å². The van der Waals surface area contributed by atoms with Gasteiger partial charge in [-0.25, -0.2) is 4.68 Å². The Bertz CT molecular complexity index is 667. The van der Waals surface area contributed by atoms with Gasteiger partial charge in [0.15, 0.2) is 11.9 Å². The van der Waals surface area contributed by atoms with Gasteiger partial charge in [0.25, 0.3) is 5.91 Å². The minimum absolute atomic E-state index is 0.116. The number of amides is 1. The van der Waals surface area contributed by atoms with Crippen molar-refractivity contribution in [3.8, 4) is 11.9 Å². The number of nitrogens with one attached hydrogen (secondary N) is 2. The molecule has 21 heavy (non-hydrogen) atoms. The topological polar surface area (TPSA) is 82.7 Å². The zero-order valence-electron chi connectivity index (χ0n) is 11.4. The van der Waals surface area contributed by atoms with Gasteiger partial charge in [0.05, 0.1) is 5.69 Å². The van der Waals surface area contributed by atoms with E-state index in [0.29, 0.717) is 5.69 Å². The second kappa shape index (κ2) is 5.67.